The minimum absolute atomic E-state index is 0.116. The molecule has 1 aromatic carbocycles. The van der Waals surface area contributed by atoms with Crippen LogP contribution in [-0.4, -0.2) is 35.9 Å². The second-order valence-electron chi connectivity index (χ2n) is 4.16. The number of amides is 1. The van der Waals surface area contributed by atoms with Gasteiger partial charge in [0.05, 0.1) is 19.1 Å². The highest BCUT2D eigenvalue weighted by atomic mass is 32.2. The highest BCUT2D eigenvalue weighted by molar-refractivity contribution is 8.26. The predicted octanol–water partition coefficient (Wildman–Crippen LogP) is 3.09. The molecule has 0 bridgehead atoms. The van der Waals surface area contributed by atoms with Crippen molar-refractivity contribution in [1.29, 1.82) is 0 Å². The van der Waals surface area contributed by atoms with Crippen LogP contribution in [-0.2, 0) is 4.79 Å². The molecular weight excluding hydrogens is 306 g/mol. The number of ether oxygens (including phenoxy) is 2. The van der Waals surface area contributed by atoms with E-state index in [-0.39, 0.29) is 5.91 Å². The van der Waals surface area contributed by atoms with Crippen LogP contribution in [0.15, 0.2) is 35.8 Å². The molecule has 1 amide bonds. The summed E-state index contributed by atoms with van der Waals surface area (Å²) in [5, 5.41) is 0. The third-order valence-corrected chi connectivity index (χ3v) is 4.28. The molecule has 21 heavy (non-hydrogen) atoms. The normalized spacial score (nSPS) is 16.5. The molecule has 1 aliphatic heterocycles. The Morgan fingerprint density at radius 2 is 2.14 bits per heavy atom. The number of hydrogen-bond donors (Lipinski definition) is 0. The van der Waals surface area contributed by atoms with E-state index in [0.29, 0.717) is 27.3 Å². The molecule has 0 N–H and O–H groups in total. The lowest BCUT2D eigenvalue weighted by Crippen LogP contribution is -2.27. The highest BCUT2D eigenvalue weighted by Crippen LogP contribution is 2.37. The summed E-state index contributed by atoms with van der Waals surface area (Å²) < 4.78 is 11.2. The van der Waals surface area contributed by atoms with Crippen LogP contribution in [0.3, 0.4) is 0 Å². The van der Waals surface area contributed by atoms with Crippen LogP contribution >= 0.6 is 24.0 Å². The van der Waals surface area contributed by atoms with Gasteiger partial charge >= 0.3 is 0 Å². The Labute approximate surface area is 133 Å². The van der Waals surface area contributed by atoms with Gasteiger partial charge in [0, 0.05) is 12.1 Å². The molecule has 6 heteroatoms. The molecule has 1 saturated heterocycles. The average molecular weight is 321 g/mol. The number of carbonyl (C=O) groups is 1. The number of hydrogen-bond acceptors (Lipinski definition) is 5. The minimum atomic E-state index is -0.116. The largest absolute Gasteiger partial charge is 0.493 e. The lowest BCUT2D eigenvalue weighted by molar-refractivity contribution is -0.121. The third-order valence-electron chi connectivity index (χ3n) is 2.91. The van der Waals surface area contributed by atoms with Crippen LogP contribution in [0.5, 0.6) is 11.5 Å². The Hall–Kier alpha value is -1.79. The molecule has 2 rings (SSSR count). The van der Waals surface area contributed by atoms with E-state index < -0.39 is 0 Å². The summed E-state index contributed by atoms with van der Waals surface area (Å²) in [6.45, 7) is 4.05. The van der Waals surface area contributed by atoms with Crippen molar-refractivity contribution < 1.29 is 14.3 Å². The third kappa shape index (κ3) is 3.11. The van der Waals surface area contributed by atoms with Crippen molar-refractivity contribution in [1.82, 2.24) is 4.90 Å². The van der Waals surface area contributed by atoms with Gasteiger partial charge in [-0.05, 0) is 12.1 Å². The van der Waals surface area contributed by atoms with Crippen molar-refractivity contribution >= 4 is 40.3 Å². The summed E-state index contributed by atoms with van der Waals surface area (Å²) in [6, 6.07) is 5.51. The lowest BCUT2D eigenvalue weighted by atomic mass is 10.1. The van der Waals surface area contributed by atoms with Crippen LogP contribution in [0.25, 0.3) is 6.08 Å². The van der Waals surface area contributed by atoms with E-state index >= 15 is 0 Å². The van der Waals surface area contributed by atoms with Gasteiger partial charge in [-0.1, -0.05) is 42.2 Å². The molecule has 0 radical (unpaired) electrons. The molecule has 1 heterocycles. The van der Waals surface area contributed by atoms with Gasteiger partial charge in [0.25, 0.3) is 5.91 Å². The van der Waals surface area contributed by atoms with Gasteiger partial charge in [-0.3, -0.25) is 9.69 Å². The summed E-state index contributed by atoms with van der Waals surface area (Å²) in [5.74, 6) is 1.09. The van der Waals surface area contributed by atoms with Gasteiger partial charge in [0.1, 0.15) is 4.32 Å². The molecule has 110 valence electrons. The van der Waals surface area contributed by atoms with Crippen molar-refractivity contribution in [3.63, 3.8) is 0 Å². The van der Waals surface area contributed by atoms with Gasteiger partial charge in [-0.2, -0.15) is 0 Å². The predicted molar refractivity (Wildman–Crippen MR) is 89.6 cm³/mol. The number of thioether (sulfide) groups is 1. The van der Waals surface area contributed by atoms with Gasteiger partial charge in [-0.25, -0.2) is 0 Å². The Balaban J connectivity index is 2.39. The quantitative estimate of drug-likeness (QED) is 0.473. The Morgan fingerprint density at radius 3 is 2.76 bits per heavy atom. The molecule has 0 saturated carbocycles. The van der Waals surface area contributed by atoms with E-state index in [0.717, 1.165) is 5.56 Å². The van der Waals surface area contributed by atoms with Crippen molar-refractivity contribution in [2.45, 2.75) is 0 Å². The van der Waals surface area contributed by atoms with Gasteiger partial charge < -0.3 is 9.47 Å². The molecule has 0 spiro atoms. The number of nitrogens with zero attached hydrogens (tertiary/aromatic N) is 1. The number of methoxy groups -OCH3 is 2. The van der Waals surface area contributed by atoms with Gasteiger partial charge in [0.15, 0.2) is 11.5 Å². The molecular formula is C15H15NO3S2. The summed E-state index contributed by atoms with van der Waals surface area (Å²) in [5.41, 5.74) is 0.774. The number of carbonyl (C=O) groups excluding carboxylic acids is 1. The van der Waals surface area contributed by atoms with Crippen molar-refractivity contribution in [2.75, 3.05) is 20.8 Å². The first-order valence-electron chi connectivity index (χ1n) is 6.19. The van der Waals surface area contributed by atoms with E-state index in [9.17, 15) is 4.79 Å². The Bertz CT molecular complexity index is 625. The number of thiocarbonyl (C=S) groups is 1. The summed E-state index contributed by atoms with van der Waals surface area (Å²) in [7, 11) is 3.14. The monoisotopic (exact) mass is 321 g/mol. The fraction of sp³-hybridized carbons (Fsp3) is 0.200. The zero-order chi connectivity index (χ0) is 15.4. The summed E-state index contributed by atoms with van der Waals surface area (Å²) in [6.07, 6.45) is 3.42. The first kappa shape index (κ1) is 15.6. The maximum Gasteiger partial charge on any atom is 0.266 e. The van der Waals surface area contributed by atoms with E-state index in [2.05, 4.69) is 6.58 Å². The Kier molecular flexibility index (Phi) is 5.03. The molecule has 4 nitrogen and oxygen atoms in total. The molecule has 0 atom stereocenters. The van der Waals surface area contributed by atoms with Crippen LogP contribution in [0.2, 0.25) is 0 Å². The number of rotatable bonds is 5. The highest BCUT2D eigenvalue weighted by Gasteiger charge is 2.31. The van der Waals surface area contributed by atoms with Crippen LogP contribution in [0.1, 0.15) is 5.56 Å². The van der Waals surface area contributed by atoms with E-state index in [1.54, 1.807) is 32.4 Å². The molecule has 0 aromatic heterocycles. The van der Waals surface area contributed by atoms with Crippen molar-refractivity contribution in [3.8, 4) is 11.5 Å². The standard InChI is InChI=1S/C15H15NO3S2/c1-4-8-16-14(17)12(21-15(16)20)9-10-6-5-7-11(18-2)13(10)19-3/h4-7,9H,1,8H2,2-3H3/b12-9+. The zero-order valence-electron chi connectivity index (χ0n) is 11.8. The average Bonchev–Trinajstić information content (AvgIpc) is 2.75. The summed E-state index contributed by atoms with van der Waals surface area (Å²) in [4.78, 5) is 14.4. The second-order valence-corrected chi connectivity index (χ2v) is 5.84. The second kappa shape index (κ2) is 6.78. The molecule has 1 aliphatic rings. The fourth-order valence-electron chi connectivity index (χ4n) is 1.95. The van der Waals surface area contributed by atoms with E-state index in [1.165, 1.54) is 16.7 Å². The van der Waals surface area contributed by atoms with E-state index in [4.69, 9.17) is 21.7 Å². The van der Waals surface area contributed by atoms with Gasteiger partial charge in [-0.15, -0.1) is 6.58 Å². The molecule has 0 unspecified atom stereocenters. The minimum Gasteiger partial charge on any atom is -0.493 e. The zero-order valence-corrected chi connectivity index (χ0v) is 13.4. The van der Waals surface area contributed by atoms with Crippen LogP contribution < -0.4 is 9.47 Å². The SMILES string of the molecule is C=CCN1C(=O)/C(=C\c2cccc(OC)c2OC)SC1=S. The maximum absolute atomic E-state index is 12.3. The fourth-order valence-corrected chi connectivity index (χ4v) is 3.22. The number of benzene rings is 1. The number of para-hydroxylation sites is 1. The maximum atomic E-state index is 12.3. The topological polar surface area (TPSA) is 38.8 Å². The Morgan fingerprint density at radius 1 is 1.38 bits per heavy atom. The summed E-state index contributed by atoms with van der Waals surface area (Å²) >= 11 is 6.48. The van der Waals surface area contributed by atoms with Crippen molar-refractivity contribution in [2.24, 2.45) is 0 Å². The molecule has 1 aromatic rings. The lowest BCUT2D eigenvalue weighted by Gasteiger charge is -2.11. The first-order chi connectivity index (χ1) is 10.1. The molecule has 0 aliphatic carbocycles. The van der Waals surface area contributed by atoms with Gasteiger partial charge in [0.2, 0.25) is 0 Å². The van der Waals surface area contributed by atoms with E-state index in [1.807, 2.05) is 12.1 Å². The van der Waals surface area contributed by atoms with Crippen LogP contribution in [0.4, 0.5) is 0 Å². The van der Waals surface area contributed by atoms with Crippen molar-refractivity contribution in [3.05, 3.63) is 41.3 Å². The molecule has 1 fully saturated rings. The van der Waals surface area contributed by atoms with Crippen LogP contribution in [0, 0.1) is 0 Å². The first-order valence-corrected chi connectivity index (χ1v) is 7.42. The smallest absolute Gasteiger partial charge is 0.266 e.